The number of rotatable bonds is 7. The van der Waals surface area contributed by atoms with Crippen LogP contribution in [0.3, 0.4) is 0 Å². The summed E-state index contributed by atoms with van der Waals surface area (Å²) in [5.41, 5.74) is 1.49. The largest absolute Gasteiger partial charge is 0.491 e. The Labute approximate surface area is 152 Å². The molecule has 4 nitrogen and oxygen atoms in total. The molecule has 128 valence electrons. The molecular weight excluding hydrogens is 347 g/mol. The third-order valence-electron chi connectivity index (χ3n) is 3.11. The van der Waals surface area contributed by atoms with Gasteiger partial charge in [0.2, 0.25) is 5.91 Å². The minimum atomic E-state index is -0.0786. The molecule has 2 aromatic carbocycles. The predicted octanol–water partition coefficient (Wildman–Crippen LogP) is 5.22. The zero-order valence-electron chi connectivity index (χ0n) is 13.6. The highest BCUT2D eigenvalue weighted by atomic mass is 35.5. The molecule has 0 saturated carbocycles. The molecule has 2 N–H and O–H groups in total. The van der Waals surface area contributed by atoms with Crippen LogP contribution in [0.4, 0.5) is 11.4 Å². The summed E-state index contributed by atoms with van der Waals surface area (Å²) in [7, 11) is 0. The van der Waals surface area contributed by atoms with Gasteiger partial charge in [-0.25, -0.2) is 0 Å². The van der Waals surface area contributed by atoms with E-state index in [4.69, 9.17) is 27.9 Å². The first-order valence-electron chi connectivity index (χ1n) is 7.69. The van der Waals surface area contributed by atoms with Crippen molar-refractivity contribution in [3.8, 4) is 5.75 Å². The molecule has 2 rings (SSSR count). The Hall–Kier alpha value is -1.91. The van der Waals surface area contributed by atoms with Gasteiger partial charge in [0.1, 0.15) is 5.75 Å². The van der Waals surface area contributed by atoms with Gasteiger partial charge in [0.25, 0.3) is 0 Å². The van der Waals surface area contributed by atoms with Gasteiger partial charge in [0, 0.05) is 23.7 Å². The van der Waals surface area contributed by atoms with Gasteiger partial charge in [-0.2, -0.15) is 0 Å². The van der Waals surface area contributed by atoms with Crippen LogP contribution in [0.5, 0.6) is 5.75 Å². The predicted molar refractivity (Wildman–Crippen MR) is 100 cm³/mol. The van der Waals surface area contributed by atoms with Crippen molar-refractivity contribution in [2.45, 2.75) is 26.4 Å². The number of nitrogens with one attached hydrogen (secondary N) is 2. The van der Waals surface area contributed by atoms with Crippen molar-refractivity contribution >= 4 is 40.5 Å². The number of hydrogen-bond donors (Lipinski definition) is 2. The molecule has 0 unspecified atom stereocenters. The molecule has 6 heteroatoms. The number of anilines is 2. The van der Waals surface area contributed by atoms with Gasteiger partial charge in [0.05, 0.1) is 16.8 Å². The van der Waals surface area contributed by atoms with Crippen molar-refractivity contribution < 1.29 is 9.53 Å². The summed E-state index contributed by atoms with van der Waals surface area (Å²) in [6, 6.07) is 12.5. The zero-order valence-corrected chi connectivity index (χ0v) is 15.1. The normalized spacial score (nSPS) is 10.5. The average molecular weight is 367 g/mol. The van der Waals surface area contributed by atoms with Crippen molar-refractivity contribution in [1.82, 2.24) is 0 Å². The standard InChI is InChI=1S/C18H20Cl2N2O2/c1-12(2)24-15-6-4-14(5-7-15)22-18(23)9-10-21-17-8-3-13(19)11-16(17)20/h3-8,11-12,21H,9-10H2,1-2H3,(H,22,23). The second-order valence-corrected chi connectivity index (χ2v) is 6.38. The number of hydrogen-bond acceptors (Lipinski definition) is 3. The lowest BCUT2D eigenvalue weighted by molar-refractivity contribution is -0.115. The minimum absolute atomic E-state index is 0.0786. The second-order valence-electron chi connectivity index (χ2n) is 5.54. The van der Waals surface area contributed by atoms with E-state index >= 15 is 0 Å². The van der Waals surface area contributed by atoms with Crippen LogP contribution >= 0.6 is 23.2 Å². The number of carbonyl (C=O) groups excluding carboxylic acids is 1. The first kappa shape index (κ1) is 18.4. The maximum atomic E-state index is 12.0. The molecule has 1 amide bonds. The van der Waals surface area contributed by atoms with Crippen molar-refractivity contribution in [3.63, 3.8) is 0 Å². The van der Waals surface area contributed by atoms with E-state index in [1.165, 1.54) is 0 Å². The van der Waals surface area contributed by atoms with Crippen LogP contribution < -0.4 is 15.4 Å². The van der Waals surface area contributed by atoms with E-state index in [1.807, 2.05) is 38.1 Å². The monoisotopic (exact) mass is 366 g/mol. The van der Waals surface area contributed by atoms with Gasteiger partial charge < -0.3 is 15.4 Å². The number of halogens is 2. The van der Waals surface area contributed by atoms with E-state index in [0.29, 0.717) is 23.0 Å². The number of ether oxygens (including phenoxy) is 1. The Morgan fingerprint density at radius 1 is 1.12 bits per heavy atom. The van der Waals surface area contributed by atoms with Gasteiger partial charge in [0.15, 0.2) is 0 Å². The summed E-state index contributed by atoms with van der Waals surface area (Å²) in [5.74, 6) is 0.701. The van der Waals surface area contributed by atoms with Gasteiger partial charge in [-0.3, -0.25) is 4.79 Å². The first-order valence-corrected chi connectivity index (χ1v) is 8.45. The molecule has 0 spiro atoms. The molecule has 0 saturated heterocycles. The summed E-state index contributed by atoms with van der Waals surface area (Å²) < 4.78 is 5.56. The lowest BCUT2D eigenvalue weighted by Crippen LogP contribution is -2.16. The maximum absolute atomic E-state index is 12.0. The molecule has 0 aromatic heterocycles. The zero-order chi connectivity index (χ0) is 17.5. The van der Waals surface area contributed by atoms with Crippen LogP contribution in [0, 0.1) is 0 Å². The second kappa shape index (κ2) is 8.81. The van der Waals surface area contributed by atoms with Crippen molar-refractivity contribution in [2.75, 3.05) is 17.2 Å². The van der Waals surface area contributed by atoms with Crippen LogP contribution in [0.15, 0.2) is 42.5 Å². The lowest BCUT2D eigenvalue weighted by atomic mass is 10.2. The third-order valence-corrected chi connectivity index (χ3v) is 3.66. The quantitative estimate of drug-likeness (QED) is 0.705. The fourth-order valence-electron chi connectivity index (χ4n) is 2.06. The molecule has 2 aromatic rings. The summed E-state index contributed by atoms with van der Waals surface area (Å²) in [6.07, 6.45) is 0.444. The molecule has 0 aliphatic carbocycles. The topological polar surface area (TPSA) is 50.4 Å². The van der Waals surface area contributed by atoms with Crippen LogP contribution in [0.1, 0.15) is 20.3 Å². The van der Waals surface area contributed by atoms with E-state index in [9.17, 15) is 4.79 Å². The number of carbonyl (C=O) groups is 1. The van der Waals surface area contributed by atoms with Crippen LogP contribution in [-0.4, -0.2) is 18.6 Å². The summed E-state index contributed by atoms with van der Waals surface area (Å²) >= 11 is 11.9. The highest BCUT2D eigenvalue weighted by Crippen LogP contribution is 2.25. The Morgan fingerprint density at radius 2 is 1.83 bits per heavy atom. The summed E-state index contributed by atoms with van der Waals surface area (Å²) in [6.45, 7) is 4.41. The van der Waals surface area contributed by atoms with Gasteiger partial charge in [-0.05, 0) is 56.3 Å². The Balaban J connectivity index is 1.78. The summed E-state index contributed by atoms with van der Waals surface area (Å²) in [4.78, 5) is 12.0. The molecule has 0 heterocycles. The third kappa shape index (κ3) is 5.95. The fraction of sp³-hybridized carbons (Fsp3) is 0.278. The summed E-state index contributed by atoms with van der Waals surface area (Å²) in [5, 5.41) is 7.07. The SMILES string of the molecule is CC(C)Oc1ccc(NC(=O)CCNc2ccc(Cl)cc2Cl)cc1. The highest BCUT2D eigenvalue weighted by molar-refractivity contribution is 6.36. The fourth-order valence-corrected chi connectivity index (χ4v) is 2.53. The van der Waals surface area contributed by atoms with E-state index in [0.717, 1.165) is 17.1 Å². The van der Waals surface area contributed by atoms with Gasteiger partial charge >= 0.3 is 0 Å². The number of benzene rings is 2. The van der Waals surface area contributed by atoms with E-state index in [-0.39, 0.29) is 12.0 Å². The van der Waals surface area contributed by atoms with Crippen molar-refractivity contribution in [1.29, 1.82) is 0 Å². The Kier molecular flexibility index (Phi) is 6.76. The van der Waals surface area contributed by atoms with Crippen molar-refractivity contribution in [2.24, 2.45) is 0 Å². The molecule has 0 fully saturated rings. The van der Waals surface area contributed by atoms with Gasteiger partial charge in [-0.1, -0.05) is 23.2 Å². The maximum Gasteiger partial charge on any atom is 0.226 e. The lowest BCUT2D eigenvalue weighted by Gasteiger charge is -2.11. The first-order chi connectivity index (χ1) is 11.4. The highest BCUT2D eigenvalue weighted by Gasteiger charge is 2.05. The molecule has 0 aliphatic heterocycles. The van der Waals surface area contributed by atoms with E-state index < -0.39 is 0 Å². The Bertz CT molecular complexity index is 688. The van der Waals surface area contributed by atoms with E-state index in [2.05, 4.69) is 10.6 Å². The van der Waals surface area contributed by atoms with Crippen LogP contribution in [-0.2, 0) is 4.79 Å². The average Bonchev–Trinajstić information content (AvgIpc) is 2.51. The van der Waals surface area contributed by atoms with Crippen LogP contribution in [0.25, 0.3) is 0 Å². The smallest absolute Gasteiger partial charge is 0.226 e. The molecular formula is C18H20Cl2N2O2. The molecule has 24 heavy (non-hydrogen) atoms. The van der Waals surface area contributed by atoms with Crippen LogP contribution in [0.2, 0.25) is 10.0 Å². The van der Waals surface area contributed by atoms with Crippen molar-refractivity contribution in [3.05, 3.63) is 52.5 Å². The van der Waals surface area contributed by atoms with Gasteiger partial charge in [-0.15, -0.1) is 0 Å². The number of amides is 1. The minimum Gasteiger partial charge on any atom is -0.491 e. The van der Waals surface area contributed by atoms with E-state index in [1.54, 1.807) is 18.2 Å². The molecule has 0 radical (unpaired) electrons. The molecule has 0 bridgehead atoms. The molecule has 0 atom stereocenters. The Morgan fingerprint density at radius 3 is 2.46 bits per heavy atom. The molecule has 0 aliphatic rings.